The van der Waals surface area contributed by atoms with Gasteiger partial charge in [-0.15, -0.1) is 0 Å². The van der Waals surface area contributed by atoms with Gasteiger partial charge in [0, 0.05) is 5.69 Å². The number of carbonyl (C=O) groups is 2. The van der Waals surface area contributed by atoms with E-state index >= 15 is 0 Å². The van der Waals surface area contributed by atoms with E-state index in [0.717, 1.165) is 16.0 Å². The number of fused-ring (bicyclic) bond motifs is 1. The van der Waals surface area contributed by atoms with Crippen molar-refractivity contribution in [1.82, 2.24) is 9.97 Å². The summed E-state index contributed by atoms with van der Waals surface area (Å²) in [5, 5.41) is 3.26. The summed E-state index contributed by atoms with van der Waals surface area (Å²) in [4.78, 5) is 32.1. The Balaban J connectivity index is 1.86. The third-order valence-electron chi connectivity index (χ3n) is 3.96. The highest BCUT2D eigenvalue weighted by molar-refractivity contribution is 7.22. The second kappa shape index (κ2) is 7.17. The fraction of sp³-hybridized carbons (Fsp3) is 0.278. The number of esters is 1. The van der Waals surface area contributed by atoms with Crippen molar-refractivity contribution in [2.75, 3.05) is 19.0 Å². The van der Waals surface area contributed by atoms with E-state index in [2.05, 4.69) is 15.3 Å². The Labute approximate surface area is 154 Å². The van der Waals surface area contributed by atoms with Crippen molar-refractivity contribution in [2.24, 2.45) is 0 Å². The molecule has 3 rings (SSSR count). The molecule has 0 saturated carbocycles. The summed E-state index contributed by atoms with van der Waals surface area (Å²) in [5.41, 5.74) is 2.65. The van der Waals surface area contributed by atoms with Crippen LogP contribution in [-0.4, -0.2) is 35.6 Å². The lowest BCUT2D eigenvalue weighted by Crippen LogP contribution is -2.14. The lowest BCUT2D eigenvalue weighted by molar-refractivity contribution is 0.0525. The van der Waals surface area contributed by atoms with Crippen molar-refractivity contribution in [1.29, 1.82) is 0 Å². The number of amides is 1. The number of nitrogens with zero attached hydrogens (tertiary/aromatic N) is 1. The van der Waals surface area contributed by atoms with Crippen molar-refractivity contribution in [3.05, 3.63) is 40.7 Å². The van der Waals surface area contributed by atoms with Gasteiger partial charge in [0.2, 0.25) is 0 Å². The number of methoxy groups -OCH3 is 1. The van der Waals surface area contributed by atoms with E-state index in [1.54, 1.807) is 27.9 Å². The minimum atomic E-state index is -0.440. The largest absolute Gasteiger partial charge is 0.497 e. The van der Waals surface area contributed by atoms with Crippen LogP contribution in [0.2, 0.25) is 0 Å². The number of hydrogen-bond donors (Lipinski definition) is 2. The van der Waals surface area contributed by atoms with Gasteiger partial charge in [-0.05, 0) is 44.5 Å². The van der Waals surface area contributed by atoms with Crippen molar-refractivity contribution >= 4 is 38.6 Å². The molecule has 0 saturated heterocycles. The Morgan fingerprint density at radius 1 is 1.31 bits per heavy atom. The van der Waals surface area contributed by atoms with Crippen molar-refractivity contribution in [2.45, 2.75) is 20.8 Å². The van der Waals surface area contributed by atoms with Gasteiger partial charge >= 0.3 is 5.97 Å². The molecular weight excluding hydrogens is 354 g/mol. The average Bonchev–Trinajstić information content (AvgIpc) is 3.13. The van der Waals surface area contributed by atoms with Crippen LogP contribution in [0, 0.1) is 13.8 Å². The molecule has 0 spiro atoms. The number of H-pyrrole nitrogens is 1. The topological polar surface area (TPSA) is 93.3 Å². The molecule has 0 aliphatic heterocycles. The van der Waals surface area contributed by atoms with Gasteiger partial charge in [-0.3, -0.25) is 10.1 Å². The summed E-state index contributed by atoms with van der Waals surface area (Å²) >= 11 is 1.35. The number of hydrogen-bond acceptors (Lipinski definition) is 6. The quantitative estimate of drug-likeness (QED) is 0.666. The van der Waals surface area contributed by atoms with Crippen LogP contribution in [0.3, 0.4) is 0 Å². The Kier molecular flexibility index (Phi) is 4.94. The SMILES string of the molecule is CCOC(=O)c1c(C)[nH]c(C(=O)Nc2nc3ccc(OC)cc3s2)c1C. The Hall–Kier alpha value is -2.87. The molecule has 0 unspecified atom stereocenters. The van der Waals surface area contributed by atoms with Crippen LogP contribution in [0.15, 0.2) is 18.2 Å². The molecule has 0 aliphatic rings. The number of anilines is 1. The normalized spacial score (nSPS) is 10.8. The third kappa shape index (κ3) is 3.28. The van der Waals surface area contributed by atoms with Crippen molar-refractivity contribution < 1.29 is 19.1 Å². The molecule has 26 heavy (non-hydrogen) atoms. The molecule has 2 aromatic heterocycles. The van der Waals surface area contributed by atoms with Crippen LogP contribution in [0.1, 0.15) is 39.0 Å². The van der Waals surface area contributed by atoms with Gasteiger partial charge in [-0.2, -0.15) is 0 Å². The number of nitrogens with one attached hydrogen (secondary N) is 2. The first kappa shape index (κ1) is 17.9. The number of ether oxygens (including phenoxy) is 2. The molecule has 1 amide bonds. The van der Waals surface area contributed by atoms with Gasteiger partial charge < -0.3 is 14.5 Å². The number of thiazole rings is 1. The predicted molar refractivity (Wildman–Crippen MR) is 100 cm³/mol. The molecule has 0 bridgehead atoms. The highest BCUT2D eigenvalue weighted by atomic mass is 32.1. The molecule has 1 aromatic carbocycles. The number of rotatable bonds is 5. The molecule has 0 aliphatic carbocycles. The van der Waals surface area contributed by atoms with Crippen LogP contribution in [-0.2, 0) is 4.74 Å². The van der Waals surface area contributed by atoms with Crippen LogP contribution in [0.25, 0.3) is 10.2 Å². The molecule has 2 N–H and O–H groups in total. The zero-order chi connectivity index (χ0) is 18.8. The maximum atomic E-state index is 12.6. The number of aromatic amines is 1. The molecule has 3 aromatic rings. The van der Waals surface area contributed by atoms with E-state index in [9.17, 15) is 9.59 Å². The Morgan fingerprint density at radius 2 is 2.08 bits per heavy atom. The summed E-state index contributed by atoms with van der Waals surface area (Å²) in [7, 11) is 1.60. The molecule has 7 nitrogen and oxygen atoms in total. The molecule has 0 atom stereocenters. The summed E-state index contributed by atoms with van der Waals surface area (Å²) in [6.07, 6.45) is 0. The summed E-state index contributed by atoms with van der Waals surface area (Å²) in [5.74, 6) is -0.0639. The first-order valence-electron chi connectivity index (χ1n) is 8.06. The van der Waals surface area contributed by atoms with Gasteiger partial charge in [0.15, 0.2) is 5.13 Å². The lowest BCUT2D eigenvalue weighted by atomic mass is 10.1. The number of benzene rings is 1. The fourth-order valence-electron chi connectivity index (χ4n) is 2.73. The van der Waals surface area contributed by atoms with Gasteiger partial charge in [0.05, 0.1) is 29.5 Å². The fourth-order valence-corrected chi connectivity index (χ4v) is 3.62. The van der Waals surface area contributed by atoms with E-state index in [4.69, 9.17) is 9.47 Å². The predicted octanol–water partition coefficient (Wildman–Crippen LogP) is 3.68. The lowest BCUT2D eigenvalue weighted by Gasteiger charge is -2.03. The minimum Gasteiger partial charge on any atom is -0.497 e. The van der Waals surface area contributed by atoms with E-state index in [1.165, 1.54) is 11.3 Å². The van der Waals surface area contributed by atoms with Crippen LogP contribution in [0.4, 0.5) is 5.13 Å². The zero-order valence-corrected chi connectivity index (χ0v) is 15.7. The molecule has 8 heteroatoms. The summed E-state index contributed by atoms with van der Waals surface area (Å²) in [6.45, 7) is 5.47. The highest BCUT2D eigenvalue weighted by Gasteiger charge is 2.23. The maximum absolute atomic E-state index is 12.6. The van der Waals surface area contributed by atoms with E-state index in [-0.39, 0.29) is 12.5 Å². The molecule has 0 fully saturated rings. The summed E-state index contributed by atoms with van der Waals surface area (Å²) in [6, 6.07) is 5.52. The van der Waals surface area contributed by atoms with Crippen LogP contribution >= 0.6 is 11.3 Å². The summed E-state index contributed by atoms with van der Waals surface area (Å²) < 4.78 is 11.2. The van der Waals surface area contributed by atoms with Gasteiger partial charge in [-0.1, -0.05) is 11.3 Å². The first-order valence-corrected chi connectivity index (χ1v) is 8.88. The van der Waals surface area contributed by atoms with E-state index < -0.39 is 5.97 Å². The first-order chi connectivity index (χ1) is 12.4. The third-order valence-corrected chi connectivity index (χ3v) is 4.89. The van der Waals surface area contributed by atoms with Crippen LogP contribution < -0.4 is 10.1 Å². The monoisotopic (exact) mass is 373 g/mol. The smallest absolute Gasteiger partial charge is 0.340 e. The average molecular weight is 373 g/mol. The van der Waals surface area contributed by atoms with Crippen molar-refractivity contribution in [3.8, 4) is 5.75 Å². The molecule has 0 radical (unpaired) electrons. The Morgan fingerprint density at radius 3 is 2.77 bits per heavy atom. The minimum absolute atomic E-state index is 0.277. The van der Waals surface area contributed by atoms with E-state index in [1.807, 2.05) is 18.2 Å². The Bertz CT molecular complexity index is 990. The van der Waals surface area contributed by atoms with Gasteiger partial charge in [-0.25, -0.2) is 9.78 Å². The number of carbonyl (C=O) groups excluding carboxylic acids is 2. The van der Waals surface area contributed by atoms with Gasteiger partial charge in [0.25, 0.3) is 5.91 Å². The van der Waals surface area contributed by atoms with Gasteiger partial charge in [0.1, 0.15) is 11.4 Å². The highest BCUT2D eigenvalue weighted by Crippen LogP contribution is 2.29. The number of aryl methyl sites for hydroxylation is 1. The number of aromatic nitrogens is 2. The molecule has 2 heterocycles. The van der Waals surface area contributed by atoms with Crippen LogP contribution in [0.5, 0.6) is 5.75 Å². The zero-order valence-electron chi connectivity index (χ0n) is 14.9. The van der Waals surface area contributed by atoms with E-state index in [0.29, 0.717) is 27.6 Å². The standard InChI is InChI=1S/C18H19N3O4S/c1-5-25-17(23)14-9(2)15(19-10(14)3)16(22)21-18-20-12-7-6-11(24-4)8-13(12)26-18/h6-8,19H,5H2,1-4H3,(H,20,21,22). The molecular formula is C18H19N3O4S. The van der Waals surface area contributed by atoms with Crippen molar-refractivity contribution in [3.63, 3.8) is 0 Å². The molecule has 136 valence electrons. The maximum Gasteiger partial charge on any atom is 0.340 e. The second-order valence-corrected chi connectivity index (χ2v) is 6.68. The second-order valence-electron chi connectivity index (χ2n) is 5.65.